The van der Waals surface area contributed by atoms with Crippen LogP contribution >= 0.6 is 0 Å². The Labute approximate surface area is 279 Å². The second-order valence-electron chi connectivity index (χ2n) is 11.9. The Kier molecular flexibility index (Phi) is 7.20. The fourth-order valence-electron chi connectivity index (χ4n) is 6.31. The monoisotopic (exact) mass is 620 g/mol. The van der Waals surface area contributed by atoms with Gasteiger partial charge in [-0.3, -0.25) is 4.57 Å². The number of nitrogens with two attached hydrogens (primary N) is 1. The van der Waals surface area contributed by atoms with Gasteiger partial charge in [0.05, 0.1) is 22.4 Å². The molecule has 230 valence electrons. The van der Waals surface area contributed by atoms with Crippen molar-refractivity contribution in [1.29, 1.82) is 0 Å². The highest BCUT2D eigenvalue weighted by atomic mass is 15.3. The molecule has 6 nitrogen and oxygen atoms in total. The molecule has 0 aliphatic carbocycles. The van der Waals surface area contributed by atoms with Crippen LogP contribution in [0.15, 0.2) is 146 Å². The third-order valence-electron chi connectivity index (χ3n) is 8.64. The van der Waals surface area contributed by atoms with E-state index < -0.39 is 0 Å². The largest absolute Gasteiger partial charge is 0.399 e. The molecule has 0 radical (unpaired) electrons. The van der Waals surface area contributed by atoms with Gasteiger partial charge in [-0.25, -0.2) is 0 Å². The first-order chi connectivity index (χ1) is 23.6. The van der Waals surface area contributed by atoms with Gasteiger partial charge in [0.1, 0.15) is 0 Å². The number of benzene rings is 6. The number of para-hydroxylation sites is 2. The van der Waals surface area contributed by atoms with Crippen LogP contribution in [0.3, 0.4) is 0 Å². The summed E-state index contributed by atoms with van der Waals surface area (Å²) in [4.78, 5) is 2.12. The molecule has 2 heterocycles. The quantitative estimate of drug-likeness (QED) is 0.154. The minimum absolute atomic E-state index is 0.736. The molecular weight excluding hydrogens is 589 g/mol. The van der Waals surface area contributed by atoms with Crippen molar-refractivity contribution in [3.8, 4) is 46.0 Å². The zero-order chi connectivity index (χ0) is 32.6. The van der Waals surface area contributed by atoms with Crippen molar-refractivity contribution in [2.75, 3.05) is 24.7 Å². The van der Waals surface area contributed by atoms with E-state index in [1.165, 1.54) is 0 Å². The van der Waals surface area contributed by atoms with Crippen molar-refractivity contribution < 1.29 is 0 Å². The van der Waals surface area contributed by atoms with Gasteiger partial charge in [0.15, 0.2) is 11.6 Å². The summed E-state index contributed by atoms with van der Waals surface area (Å²) in [6.07, 6.45) is 0. The molecule has 0 spiro atoms. The van der Waals surface area contributed by atoms with Gasteiger partial charge in [-0.05, 0) is 60.7 Å². The smallest absolute Gasteiger partial charge is 0.168 e. The average molecular weight is 621 g/mol. The van der Waals surface area contributed by atoms with Crippen LogP contribution in [0, 0.1) is 11.8 Å². The van der Waals surface area contributed by atoms with E-state index in [1.807, 2.05) is 60.7 Å². The molecule has 2 N–H and O–H groups in total. The molecule has 48 heavy (non-hydrogen) atoms. The minimum Gasteiger partial charge on any atom is -0.399 e. The van der Waals surface area contributed by atoms with Crippen LogP contribution in [0.5, 0.6) is 0 Å². The number of hydrogen-bond donors (Lipinski definition) is 1. The Morgan fingerprint density at radius 1 is 0.521 bits per heavy atom. The Morgan fingerprint density at radius 2 is 1.00 bits per heavy atom. The summed E-state index contributed by atoms with van der Waals surface area (Å²) in [5, 5.41) is 11.6. The van der Waals surface area contributed by atoms with Crippen molar-refractivity contribution >= 4 is 33.2 Å². The first kappa shape index (κ1) is 28.9. The number of hydrogen-bond acceptors (Lipinski definition) is 4. The topological polar surface area (TPSA) is 64.9 Å². The number of fused-ring (bicyclic) bond motifs is 3. The Hall–Kier alpha value is -6.58. The van der Waals surface area contributed by atoms with E-state index in [9.17, 15) is 0 Å². The lowest BCUT2D eigenvalue weighted by molar-refractivity contribution is 1.07. The van der Waals surface area contributed by atoms with E-state index in [4.69, 9.17) is 5.73 Å². The number of nitrogen functional groups attached to an aromatic ring is 1. The maximum absolute atomic E-state index is 6.30. The normalized spacial score (nSPS) is 11.0. The second-order valence-corrected chi connectivity index (χ2v) is 11.9. The van der Waals surface area contributed by atoms with Crippen LogP contribution in [0.25, 0.3) is 56.0 Å². The Bertz CT molecular complexity index is 2440. The lowest BCUT2D eigenvalue weighted by Crippen LogP contribution is -2.08. The van der Waals surface area contributed by atoms with Crippen LogP contribution in [-0.4, -0.2) is 33.4 Å². The van der Waals surface area contributed by atoms with Crippen LogP contribution < -0.4 is 10.6 Å². The van der Waals surface area contributed by atoms with Gasteiger partial charge in [0.2, 0.25) is 0 Å². The van der Waals surface area contributed by atoms with E-state index in [-0.39, 0.29) is 0 Å². The summed E-state index contributed by atoms with van der Waals surface area (Å²) in [5.41, 5.74) is 16.0. The fraction of sp³-hybridized carbons (Fsp3) is 0.0476. The third-order valence-corrected chi connectivity index (χ3v) is 8.64. The van der Waals surface area contributed by atoms with Gasteiger partial charge in [-0.2, -0.15) is 0 Å². The minimum atomic E-state index is 0.736. The van der Waals surface area contributed by atoms with Crippen LogP contribution in [0.1, 0.15) is 11.1 Å². The molecule has 0 atom stereocenters. The molecule has 8 rings (SSSR count). The molecule has 0 fully saturated rings. The van der Waals surface area contributed by atoms with Crippen LogP contribution in [0.2, 0.25) is 0 Å². The maximum Gasteiger partial charge on any atom is 0.168 e. The summed E-state index contributed by atoms with van der Waals surface area (Å²) >= 11 is 0. The molecule has 0 bridgehead atoms. The van der Waals surface area contributed by atoms with Crippen molar-refractivity contribution in [3.05, 3.63) is 157 Å². The number of rotatable bonds is 5. The van der Waals surface area contributed by atoms with Gasteiger partial charge in [0.25, 0.3) is 0 Å². The summed E-state index contributed by atoms with van der Waals surface area (Å²) in [6.45, 7) is 0. The van der Waals surface area contributed by atoms with E-state index >= 15 is 0 Å². The van der Waals surface area contributed by atoms with Crippen molar-refractivity contribution in [3.63, 3.8) is 0 Å². The Morgan fingerprint density at radius 3 is 1.56 bits per heavy atom. The molecule has 0 saturated heterocycles. The van der Waals surface area contributed by atoms with Gasteiger partial charge < -0.3 is 15.2 Å². The zero-order valence-corrected chi connectivity index (χ0v) is 26.7. The average Bonchev–Trinajstić information content (AvgIpc) is 3.71. The van der Waals surface area contributed by atoms with Crippen LogP contribution in [-0.2, 0) is 0 Å². The van der Waals surface area contributed by atoms with Crippen molar-refractivity contribution in [1.82, 2.24) is 19.3 Å². The predicted molar refractivity (Wildman–Crippen MR) is 198 cm³/mol. The molecule has 0 unspecified atom stereocenters. The fourth-order valence-corrected chi connectivity index (χ4v) is 6.31. The lowest BCUT2D eigenvalue weighted by atomic mass is 10.1. The molecule has 0 saturated carbocycles. The Balaban J connectivity index is 1.31. The van der Waals surface area contributed by atoms with E-state index in [1.54, 1.807) is 0 Å². The summed E-state index contributed by atoms with van der Waals surface area (Å²) in [6, 6.07) is 49.5. The molecule has 8 aromatic rings. The zero-order valence-electron chi connectivity index (χ0n) is 26.7. The van der Waals surface area contributed by atoms with Gasteiger partial charge in [0, 0.05) is 58.5 Å². The molecule has 0 amide bonds. The molecule has 0 aliphatic rings. The van der Waals surface area contributed by atoms with Crippen molar-refractivity contribution in [2.24, 2.45) is 0 Å². The van der Waals surface area contributed by atoms with E-state index in [0.717, 1.165) is 78.5 Å². The summed E-state index contributed by atoms with van der Waals surface area (Å²) in [7, 11) is 4.12. The van der Waals surface area contributed by atoms with E-state index in [0.29, 0.717) is 0 Å². The highest BCUT2D eigenvalue weighted by molar-refractivity contribution is 6.11. The van der Waals surface area contributed by atoms with E-state index in [2.05, 4.69) is 135 Å². The summed E-state index contributed by atoms with van der Waals surface area (Å²) < 4.78 is 4.40. The molecular formula is C42H32N6. The maximum atomic E-state index is 6.30. The number of anilines is 2. The third kappa shape index (κ3) is 5.04. The highest BCUT2D eigenvalue weighted by Gasteiger charge is 2.19. The number of aromatic nitrogens is 4. The van der Waals surface area contributed by atoms with Crippen molar-refractivity contribution in [2.45, 2.75) is 0 Å². The highest BCUT2D eigenvalue weighted by Crippen LogP contribution is 2.36. The summed E-state index contributed by atoms with van der Waals surface area (Å²) in [5.74, 6) is 8.60. The van der Waals surface area contributed by atoms with Gasteiger partial charge in [-0.1, -0.05) is 96.8 Å². The lowest BCUT2D eigenvalue weighted by Gasteiger charge is -2.14. The molecule has 6 aromatic carbocycles. The first-order valence-electron chi connectivity index (χ1n) is 15.8. The molecule has 6 heteroatoms. The predicted octanol–water partition coefficient (Wildman–Crippen LogP) is 8.75. The molecule has 0 aliphatic heterocycles. The first-order valence-corrected chi connectivity index (χ1v) is 15.8. The van der Waals surface area contributed by atoms with Gasteiger partial charge >= 0.3 is 0 Å². The van der Waals surface area contributed by atoms with Gasteiger partial charge in [-0.15, -0.1) is 10.2 Å². The SMILES string of the molecule is CN(C)c1ccc2c(c1)c1cc(N)ccc1n2-c1ccccc1C#Cc1ccccc1-n1c(-c2ccccc2)nnc1-c1ccccc1. The standard InChI is InChI=1S/C42H32N6/c1-46(2)34-24-26-40-36(28-34)35-27-33(43)23-25-39(35)47(40)37-19-11-9-13-29(37)21-22-30-14-10-12-20-38(30)48-41(31-15-5-3-6-16-31)44-45-42(48)32-17-7-4-8-18-32/h3-20,23-28H,43H2,1-2H3. The van der Waals surface area contributed by atoms with Crippen LogP contribution in [0.4, 0.5) is 11.4 Å². The second kappa shape index (κ2) is 12.0. The number of nitrogens with zero attached hydrogens (tertiary/aromatic N) is 5. The molecule has 2 aromatic heterocycles.